The lowest BCUT2D eigenvalue weighted by atomic mass is 10.0. The van der Waals surface area contributed by atoms with Gasteiger partial charge in [0.25, 0.3) is 0 Å². The highest BCUT2D eigenvalue weighted by Gasteiger charge is 2.33. The fourth-order valence-electron chi connectivity index (χ4n) is 4.09. The number of methoxy groups -OCH3 is 1. The highest BCUT2D eigenvalue weighted by molar-refractivity contribution is 7.92. The number of ether oxygens (including phenoxy) is 1. The third-order valence-corrected chi connectivity index (χ3v) is 7.59. The lowest BCUT2D eigenvalue weighted by Crippen LogP contribution is -2.53. The fraction of sp³-hybridized carbons (Fsp3) is 0.286. The number of anilines is 1. The number of sulfonamides is 1. The van der Waals surface area contributed by atoms with Crippen LogP contribution >= 0.6 is 23.2 Å². The molecular weight excluding hydrogens is 561 g/mol. The summed E-state index contributed by atoms with van der Waals surface area (Å²) in [7, 11) is -2.56. The van der Waals surface area contributed by atoms with Gasteiger partial charge in [-0.25, -0.2) is 8.42 Å². The predicted octanol–water partition coefficient (Wildman–Crippen LogP) is 4.54. The third kappa shape index (κ3) is 8.36. The molecule has 0 radical (unpaired) electrons. The van der Waals surface area contributed by atoms with Gasteiger partial charge in [-0.1, -0.05) is 65.7 Å². The summed E-state index contributed by atoms with van der Waals surface area (Å²) < 4.78 is 32.1. The molecule has 3 aromatic rings. The Balaban J connectivity index is 2.07. The van der Waals surface area contributed by atoms with Crippen LogP contribution in [0.2, 0.25) is 10.0 Å². The summed E-state index contributed by atoms with van der Waals surface area (Å²) in [6.45, 7) is 1.63. The molecule has 0 spiro atoms. The van der Waals surface area contributed by atoms with E-state index >= 15 is 0 Å². The van der Waals surface area contributed by atoms with Gasteiger partial charge in [-0.15, -0.1) is 0 Å². The maximum atomic E-state index is 14.0. The monoisotopic (exact) mass is 591 g/mol. The molecule has 2 amide bonds. The molecular formula is C28H31Cl2N3O5S. The van der Waals surface area contributed by atoms with Crippen LogP contribution in [0.3, 0.4) is 0 Å². The summed E-state index contributed by atoms with van der Waals surface area (Å²) in [4.78, 5) is 28.7. The maximum Gasteiger partial charge on any atom is 0.244 e. The SMILES string of the molecule is CCNC(=O)[C@@H](Cc1ccccc1)N(Cc1ccc(Cl)cc1)C(=O)CN(c1cc(Cl)ccc1OC)S(C)(=O)=O. The Labute approximate surface area is 239 Å². The Bertz CT molecular complexity index is 1390. The number of hydrogen-bond donors (Lipinski definition) is 1. The first-order valence-corrected chi connectivity index (χ1v) is 14.8. The molecule has 0 bridgehead atoms. The minimum Gasteiger partial charge on any atom is -0.495 e. The largest absolute Gasteiger partial charge is 0.495 e. The minimum atomic E-state index is -3.96. The van der Waals surface area contributed by atoms with Gasteiger partial charge in [-0.3, -0.25) is 13.9 Å². The molecule has 39 heavy (non-hydrogen) atoms. The molecule has 3 rings (SSSR count). The van der Waals surface area contributed by atoms with Gasteiger partial charge in [0.2, 0.25) is 21.8 Å². The summed E-state index contributed by atoms with van der Waals surface area (Å²) in [5, 5.41) is 3.61. The van der Waals surface area contributed by atoms with Gasteiger partial charge in [-0.2, -0.15) is 0 Å². The zero-order valence-corrected chi connectivity index (χ0v) is 24.3. The predicted molar refractivity (Wildman–Crippen MR) is 155 cm³/mol. The van der Waals surface area contributed by atoms with Gasteiger partial charge in [0.1, 0.15) is 18.3 Å². The van der Waals surface area contributed by atoms with E-state index in [9.17, 15) is 18.0 Å². The van der Waals surface area contributed by atoms with Gasteiger partial charge < -0.3 is 15.0 Å². The topological polar surface area (TPSA) is 96.0 Å². The third-order valence-electron chi connectivity index (χ3n) is 5.98. The van der Waals surface area contributed by atoms with Crippen LogP contribution < -0.4 is 14.4 Å². The first-order chi connectivity index (χ1) is 18.5. The molecule has 3 aromatic carbocycles. The van der Waals surface area contributed by atoms with Gasteiger partial charge >= 0.3 is 0 Å². The van der Waals surface area contributed by atoms with Crippen molar-refractivity contribution in [2.45, 2.75) is 25.9 Å². The number of halogens is 2. The van der Waals surface area contributed by atoms with E-state index < -0.39 is 28.5 Å². The number of rotatable bonds is 12. The van der Waals surface area contributed by atoms with E-state index in [2.05, 4.69) is 5.32 Å². The Morgan fingerprint density at radius 1 is 0.949 bits per heavy atom. The van der Waals surface area contributed by atoms with Gasteiger partial charge in [0, 0.05) is 29.6 Å². The highest BCUT2D eigenvalue weighted by Crippen LogP contribution is 2.33. The van der Waals surface area contributed by atoms with Crippen LogP contribution in [-0.2, 0) is 32.6 Å². The van der Waals surface area contributed by atoms with Crippen LogP contribution in [-0.4, -0.2) is 57.6 Å². The average Bonchev–Trinajstić information content (AvgIpc) is 2.90. The second-order valence-electron chi connectivity index (χ2n) is 8.83. The maximum absolute atomic E-state index is 14.0. The smallest absolute Gasteiger partial charge is 0.244 e. The first kappa shape index (κ1) is 30.3. The molecule has 0 aliphatic carbocycles. The number of nitrogens with one attached hydrogen (secondary N) is 1. The average molecular weight is 593 g/mol. The number of likely N-dealkylation sites (N-methyl/N-ethyl adjacent to an activating group) is 1. The molecule has 0 aliphatic heterocycles. The molecule has 0 saturated carbocycles. The summed E-state index contributed by atoms with van der Waals surface area (Å²) in [6, 6.07) is 19.8. The van der Waals surface area contributed by atoms with E-state index in [1.54, 1.807) is 37.3 Å². The van der Waals surface area contributed by atoms with E-state index in [-0.39, 0.29) is 35.3 Å². The molecule has 0 aromatic heterocycles. The van der Waals surface area contributed by atoms with Crippen molar-refractivity contribution in [2.24, 2.45) is 0 Å². The number of amides is 2. The van der Waals surface area contributed by atoms with E-state index in [0.717, 1.165) is 21.7 Å². The summed E-state index contributed by atoms with van der Waals surface area (Å²) in [6.07, 6.45) is 1.22. The Morgan fingerprint density at radius 3 is 2.18 bits per heavy atom. The first-order valence-electron chi connectivity index (χ1n) is 12.2. The standard InChI is InChI=1S/C28H31Cl2N3O5S/c1-4-31-28(35)25(16-20-8-6-5-7-9-20)32(18-21-10-12-22(29)13-11-21)27(34)19-33(39(3,36)37)24-17-23(30)14-15-26(24)38-2/h5-15,17,25H,4,16,18-19H2,1-3H3,(H,31,35)/t25-/m1/s1. The molecule has 0 saturated heterocycles. The second kappa shape index (κ2) is 13.7. The van der Waals surface area contributed by atoms with Crippen LogP contribution in [0.1, 0.15) is 18.1 Å². The van der Waals surface area contributed by atoms with E-state index in [0.29, 0.717) is 11.6 Å². The molecule has 0 heterocycles. The van der Waals surface area contributed by atoms with Crippen LogP contribution in [0, 0.1) is 0 Å². The minimum absolute atomic E-state index is 0.0505. The number of carbonyl (C=O) groups excluding carboxylic acids is 2. The van der Waals surface area contributed by atoms with Gasteiger partial charge in [0.05, 0.1) is 19.1 Å². The van der Waals surface area contributed by atoms with Crippen LogP contribution in [0.25, 0.3) is 0 Å². The van der Waals surface area contributed by atoms with Gasteiger partial charge in [-0.05, 0) is 48.4 Å². The van der Waals surface area contributed by atoms with Crippen LogP contribution in [0.5, 0.6) is 5.75 Å². The summed E-state index contributed by atoms with van der Waals surface area (Å²) >= 11 is 12.2. The quantitative estimate of drug-likeness (QED) is 0.333. The number of hydrogen-bond acceptors (Lipinski definition) is 5. The molecule has 11 heteroatoms. The summed E-state index contributed by atoms with van der Waals surface area (Å²) in [5.41, 5.74) is 1.69. The van der Waals surface area contributed by atoms with Crippen molar-refractivity contribution in [3.05, 3.63) is 94.0 Å². The van der Waals surface area contributed by atoms with Crippen molar-refractivity contribution in [3.63, 3.8) is 0 Å². The fourth-order valence-corrected chi connectivity index (χ4v) is 5.22. The second-order valence-corrected chi connectivity index (χ2v) is 11.6. The van der Waals surface area contributed by atoms with Crippen molar-refractivity contribution >= 4 is 50.7 Å². The Kier molecular flexibility index (Phi) is 10.6. The highest BCUT2D eigenvalue weighted by atomic mass is 35.5. The molecule has 0 unspecified atom stereocenters. The van der Waals surface area contributed by atoms with Crippen molar-refractivity contribution < 1.29 is 22.7 Å². The van der Waals surface area contributed by atoms with Crippen LogP contribution in [0.4, 0.5) is 5.69 Å². The number of carbonyl (C=O) groups is 2. The zero-order chi connectivity index (χ0) is 28.6. The molecule has 208 valence electrons. The Morgan fingerprint density at radius 2 is 1.59 bits per heavy atom. The van der Waals surface area contributed by atoms with E-state index in [1.165, 1.54) is 24.1 Å². The molecule has 0 fully saturated rings. The van der Waals surface area contributed by atoms with Crippen molar-refractivity contribution in [1.82, 2.24) is 10.2 Å². The number of nitrogens with zero attached hydrogens (tertiary/aromatic N) is 2. The summed E-state index contributed by atoms with van der Waals surface area (Å²) in [5.74, 6) is -0.703. The molecule has 1 atom stereocenters. The molecule has 8 nitrogen and oxygen atoms in total. The van der Waals surface area contributed by atoms with E-state index in [1.807, 2.05) is 30.3 Å². The number of benzene rings is 3. The lowest BCUT2D eigenvalue weighted by molar-refractivity contribution is -0.140. The van der Waals surface area contributed by atoms with Crippen molar-refractivity contribution in [2.75, 3.05) is 30.8 Å². The van der Waals surface area contributed by atoms with Crippen molar-refractivity contribution in [3.8, 4) is 5.75 Å². The molecule has 1 N–H and O–H groups in total. The normalized spacial score (nSPS) is 11.9. The molecule has 0 aliphatic rings. The van der Waals surface area contributed by atoms with E-state index in [4.69, 9.17) is 27.9 Å². The zero-order valence-electron chi connectivity index (χ0n) is 21.9. The van der Waals surface area contributed by atoms with Gasteiger partial charge in [0.15, 0.2) is 0 Å². The van der Waals surface area contributed by atoms with Crippen molar-refractivity contribution in [1.29, 1.82) is 0 Å². The Hall–Kier alpha value is -3.27. The lowest BCUT2D eigenvalue weighted by Gasteiger charge is -2.33. The van der Waals surface area contributed by atoms with Crippen LogP contribution in [0.15, 0.2) is 72.8 Å².